The Morgan fingerprint density at radius 1 is 1.38 bits per heavy atom. The molecule has 0 radical (unpaired) electrons. The van der Waals surface area contributed by atoms with Gasteiger partial charge in [-0.3, -0.25) is 0 Å². The molecular formula is C11H13NO2S2. The topological polar surface area (TPSA) is 57.9 Å². The predicted octanol–water partition coefficient (Wildman–Crippen LogP) is 2.34. The van der Waals surface area contributed by atoms with Gasteiger partial charge >= 0.3 is 0 Å². The molecule has 1 aromatic carbocycles. The van der Waals surface area contributed by atoms with Crippen LogP contribution in [0.1, 0.15) is 6.92 Å². The summed E-state index contributed by atoms with van der Waals surface area (Å²) >= 11 is 1.56. The van der Waals surface area contributed by atoms with Crippen molar-refractivity contribution in [2.75, 3.05) is 12.0 Å². The monoisotopic (exact) mass is 255 g/mol. The van der Waals surface area contributed by atoms with Gasteiger partial charge in [0.25, 0.3) is 0 Å². The lowest BCUT2D eigenvalue weighted by Gasteiger charge is -2.03. The van der Waals surface area contributed by atoms with E-state index in [1.54, 1.807) is 36.0 Å². The molecule has 0 bridgehead atoms. The molecule has 1 atom stereocenters. The maximum absolute atomic E-state index is 11.2. The molecule has 0 fully saturated rings. The maximum atomic E-state index is 11.2. The first-order valence-corrected chi connectivity index (χ1v) is 7.63. The maximum Gasteiger partial charge on any atom is 0.175 e. The summed E-state index contributed by atoms with van der Waals surface area (Å²) in [7, 11) is -3.12. The molecule has 16 heavy (non-hydrogen) atoms. The van der Waals surface area contributed by atoms with Crippen molar-refractivity contribution < 1.29 is 8.42 Å². The molecule has 0 saturated carbocycles. The van der Waals surface area contributed by atoms with Crippen LogP contribution >= 0.6 is 11.8 Å². The van der Waals surface area contributed by atoms with Gasteiger partial charge < -0.3 is 0 Å². The Bertz CT molecular complexity index is 486. The van der Waals surface area contributed by atoms with E-state index in [2.05, 4.69) is 6.07 Å². The van der Waals surface area contributed by atoms with Gasteiger partial charge in [0, 0.05) is 16.9 Å². The lowest BCUT2D eigenvalue weighted by molar-refractivity contribution is 0.602. The molecule has 0 spiro atoms. The van der Waals surface area contributed by atoms with Crippen molar-refractivity contribution in [3.63, 3.8) is 0 Å². The fourth-order valence-electron chi connectivity index (χ4n) is 1.04. The van der Waals surface area contributed by atoms with Gasteiger partial charge in [-0.15, -0.1) is 11.8 Å². The smallest absolute Gasteiger partial charge is 0.175 e. The molecule has 5 heteroatoms. The highest BCUT2D eigenvalue weighted by molar-refractivity contribution is 7.99. The predicted molar refractivity (Wildman–Crippen MR) is 65.1 cm³/mol. The van der Waals surface area contributed by atoms with Crippen LogP contribution in [-0.4, -0.2) is 20.4 Å². The molecule has 1 unspecified atom stereocenters. The number of benzene rings is 1. The van der Waals surface area contributed by atoms with E-state index in [0.29, 0.717) is 10.6 Å². The molecule has 0 amide bonds. The second-order valence-electron chi connectivity index (χ2n) is 3.58. The summed E-state index contributed by atoms with van der Waals surface area (Å²) in [6.07, 6.45) is 1.19. The highest BCUT2D eigenvalue weighted by atomic mass is 32.2. The van der Waals surface area contributed by atoms with Gasteiger partial charge in [-0.05, 0) is 31.2 Å². The summed E-state index contributed by atoms with van der Waals surface area (Å²) in [6.45, 7) is 1.86. The Kier molecular flexibility index (Phi) is 4.39. The normalized spacial score (nSPS) is 13.1. The van der Waals surface area contributed by atoms with E-state index in [0.717, 1.165) is 4.90 Å². The Labute approximate surface area is 100 Å². The van der Waals surface area contributed by atoms with Gasteiger partial charge in [-0.1, -0.05) is 0 Å². The molecule has 1 aromatic rings. The van der Waals surface area contributed by atoms with Gasteiger partial charge in [-0.2, -0.15) is 5.26 Å². The lowest BCUT2D eigenvalue weighted by atomic mass is 10.3. The van der Waals surface area contributed by atoms with Gasteiger partial charge in [0.2, 0.25) is 0 Å². The highest BCUT2D eigenvalue weighted by Crippen LogP contribution is 2.22. The van der Waals surface area contributed by atoms with Crippen molar-refractivity contribution in [2.24, 2.45) is 5.92 Å². The minimum absolute atomic E-state index is 0.000385. The van der Waals surface area contributed by atoms with Crippen LogP contribution in [0, 0.1) is 17.2 Å². The Hall–Kier alpha value is -0.990. The SMILES string of the molecule is CC(C#N)CSc1ccc(S(C)(=O)=O)cc1. The summed E-state index contributed by atoms with van der Waals surface area (Å²) in [4.78, 5) is 1.31. The third-order valence-electron chi connectivity index (χ3n) is 1.97. The van der Waals surface area contributed by atoms with Crippen LogP contribution in [0.4, 0.5) is 0 Å². The number of hydrogen-bond acceptors (Lipinski definition) is 4. The van der Waals surface area contributed by atoms with Crippen molar-refractivity contribution in [3.8, 4) is 6.07 Å². The zero-order valence-corrected chi connectivity index (χ0v) is 10.8. The van der Waals surface area contributed by atoms with Crippen LogP contribution in [0.25, 0.3) is 0 Å². The molecule has 0 aromatic heterocycles. The quantitative estimate of drug-likeness (QED) is 0.775. The highest BCUT2D eigenvalue weighted by Gasteiger charge is 2.06. The molecule has 0 aliphatic heterocycles. The number of sulfone groups is 1. The van der Waals surface area contributed by atoms with Crippen molar-refractivity contribution in [3.05, 3.63) is 24.3 Å². The average molecular weight is 255 g/mol. The largest absolute Gasteiger partial charge is 0.224 e. The summed E-state index contributed by atoms with van der Waals surface area (Å²) in [5, 5.41) is 8.62. The fourth-order valence-corrected chi connectivity index (χ4v) is 2.52. The average Bonchev–Trinajstić information content (AvgIpc) is 2.25. The number of nitriles is 1. The third-order valence-corrected chi connectivity index (χ3v) is 4.37. The number of nitrogens with zero attached hydrogens (tertiary/aromatic N) is 1. The molecule has 3 nitrogen and oxygen atoms in total. The van der Waals surface area contributed by atoms with Gasteiger partial charge in [0.05, 0.1) is 16.9 Å². The van der Waals surface area contributed by atoms with Gasteiger partial charge in [0.1, 0.15) is 0 Å². The zero-order chi connectivity index (χ0) is 12.2. The number of thioether (sulfide) groups is 1. The molecule has 0 aliphatic rings. The second-order valence-corrected chi connectivity index (χ2v) is 6.69. The van der Waals surface area contributed by atoms with E-state index in [1.165, 1.54) is 6.26 Å². The molecule has 0 aliphatic carbocycles. The number of hydrogen-bond donors (Lipinski definition) is 0. The van der Waals surface area contributed by atoms with Crippen molar-refractivity contribution in [1.82, 2.24) is 0 Å². The minimum Gasteiger partial charge on any atom is -0.224 e. The van der Waals surface area contributed by atoms with Crippen molar-refractivity contribution in [2.45, 2.75) is 16.7 Å². The van der Waals surface area contributed by atoms with Crippen LogP contribution in [0.3, 0.4) is 0 Å². The van der Waals surface area contributed by atoms with E-state index in [4.69, 9.17) is 5.26 Å². The molecule has 0 saturated heterocycles. The van der Waals surface area contributed by atoms with E-state index in [1.807, 2.05) is 6.92 Å². The third kappa shape index (κ3) is 3.87. The molecule has 1 rings (SSSR count). The van der Waals surface area contributed by atoms with E-state index < -0.39 is 9.84 Å². The van der Waals surface area contributed by atoms with Crippen LogP contribution in [0.15, 0.2) is 34.1 Å². The Morgan fingerprint density at radius 2 is 1.94 bits per heavy atom. The Morgan fingerprint density at radius 3 is 2.38 bits per heavy atom. The second kappa shape index (κ2) is 5.37. The van der Waals surface area contributed by atoms with Crippen molar-refractivity contribution >= 4 is 21.6 Å². The summed E-state index contributed by atoms with van der Waals surface area (Å²) < 4.78 is 22.4. The summed E-state index contributed by atoms with van der Waals surface area (Å²) in [5.74, 6) is 0.717. The first-order valence-electron chi connectivity index (χ1n) is 4.76. The first-order chi connectivity index (χ1) is 7.43. The van der Waals surface area contributed by atoms with Crippen molar-refractivity contribution in [1.29, 1.82) is 5.26 Å². The summed E-state index contributed by atoms with van der Waals surface area (Å²) in [6, 6.07) is 8.88. The zero-order valence-electron chi connectivity index (χ0n) is 9.17. The first kappa shape index (κ1) is 13.1. The van der Waals surface area contributed by atoms with Crippen LogP contribution in [-0.2, 0) is 9.84 Å². The molecule has 0 heterocycles. The lowest BCUT2D eigenvalue weighted by Crippen LogP contribution is -1.96. The molecular weight excluding hydrogens is 242 g/mol. The van der Waals surface area contributed by atoms with E-state index in [9.17, 15) is 8.42 Å². The van der Waals surface area contributed by atoms with Gasteiger partial charge in [-0.25, -0.2) is 8.42 Å². The Balaban J connectivity index is 2.70. The van der Waals surface area contributed by atoms with Crippen LogP contribution < -0.4 is 0 Å². The minimum atomic E-state index is -3.12. The van der Waals surface area contributed by atoms with E-state index >= 15 is 0 Å². The standard InChI is InChI=1S/C11H13NO2S2/c1-9(7-12)8-15-10-3-5-11(6-4-10)16(2,13)14/h3-6,9H,8H2,1-2H3. The summed E-state index contributed by atoms with van der Waals surface area (Å²) in [5.41, 5.74) is 0. The molecule has 0 N–H and O–H groups in total. The fraction of sp³-hybridized carbons (Fsp3) is 0.364. The van der Waals surface area contributed by atoms with Crippen LogP contribution in [0.5, 0.6) is 0 Å². The van der Waals surface area contributed by atoms with E-state index in [-0.39, 0.29) is 5.92 Å². The van der Waals surface area contributed by atoms with Crippen LogP contribution in [0.2, 0.25) is 0 Å². The van der Waals surface area contributed by atoms with Gasteiger partial charge in [0.15, 0.2) is 9.84 Å². The number of rotatable bonds is 4. The molecule has 86 valence electrons.